The molecule has 5 nitrogen and oxygen atoms in total. The summed E-state index contributed by atoms with van der Waals surface area (Å²) in [5, 5.41) is 11.3. The highest BCUT2D eigenvalue weighted by molar-refractivity contribution is 5.77. The molecule has 1 aliphatic carbocycles. The van der Waals surface area contributed by atoms with Gasteiger partial charge in [0.25, 0.3) is 0 Å². The monoisotopic (exact) mass is 345 g/mol. The third-order valence-electron chi connectivity index (χ3n) is 6.09. The van der Waals surface area contributed by atoms with E-state index >= 15 is 0 Å². The number of likely N-dealkylation sites (tertiary alicyclic amines) is 1. The van der Waals surface area contributed by atoms with Gasteiger partial charge in [-0.2, -0.15) is 0 Å². The third kappa shape index (κ3) is 2.88. The van der Waals surface area contributed by atoms with E-state index in [1.54, 1.807) is 0 Å². The number of piperidine rings is 1. The second-order valence-electron chi connectivity index (χ2n) is 7.60. The molecule has 5 heteroatoms. The van der Waals surface area contributed by atoms with Gasteiger partial charge >= 0.3 is 0 Å². The smallest absolute Gasteiger partial charge is 0.231 e. The van der Waals surface area contributed by atoms with Crippen LogP contribution in [-0.4, -0.2) is 34.9 Å². The van der Waals surface area contributed by atoms with Crippen molar-refractivity contribution in [2.75, 3.05) is 13.3 Å². The van der Waals surface area contributed by atoms with E-state index < -0.39 is 5.60 Å². The van der Waals surface area contributed by atoms with E-state index in [0.29, 0.717) is 19.4 Å². The van der Waals surface area contributed by atoms with Gasteiger partial charge < -0.3 is 19.5 Å². The number of carbonyl (C=O) groups excluding carboxylic acids is 1. The zero-order valence-corrected chi connectivity index (χ0v) is 14.9. The molecule has 1 aromatic carbocycles. The number of aliphatic hydroxyl groups is 1. The molecule has 3 atom stereocenters. The maximum Gasteiger partial charge on any atom is 0.231 e. The Morgan fingerprint density at radius 3 is 2.96 bits per heavy atom. The molecule has 0 aromatic heterocycles. The third-order valence-corrected chi connectivity index (χ3v) is 6.09. The molecule has 1 aromatic rings. The minimum atomic E-state index is -0.651. The molecule has 1 amide bonds. The van der Waals surface area contributed by atoms with Crippen LogP contribution in [0.1, 0.15) is 63.5 Å². The lowest BCUT2D eigenvalue weighted by Crippen LogP contribution is -2.56. The Bertz CT molecular complexity index is 661. The number of ether oxygens (including phenoxy) is 2. The summed E-state index contributed by atoms with van der Waals surface area (Å²) in [6.45, 7) is 2.91. The number of carbonyl (C=O) groups is 1. The quantitative estimate of drug-likeness (QED) is 0.912. The fourth-order valence-corrected chi connectivity index (χ4v) is 4.83. The van der Waals surface area contributed by atoms with Crippen LogP contribution in [0.3, 0.4) is 0 Å². The van der Waals surface area contributed by atoms with Crippen molar-refractivity contribution >= 4 is 5.91 Å². The average molecular weight is 345 g/mol. The van der Waals surface area contributed by atoms with Crippen LogP contribution in [0.2, 0.25) is 0 Å². The Labute approximate surface area is 148 Å². The van der Waals surface area contributed by atoms with Crippen molar-refractivity contribution in [1.82, 2.24) is 4.90 Å². The maximum atomic E-state index is 12.8. The average Bonchev–Trinajstić information content (AvgIpc) is 3.08. The summed E-state index contributed by atoms with van der Waals surface area (Å²) in [7, 11) is 0. The van der Waals surface area contributed by atoms with Crippen molar-refractivity contribution in [3.8, 4) is 11.5 Å². The van der Waals surface area contributed by atoms with Crippen LogP contribution in [0.25, 0.3) is 0 Å². The van der Waals surface area contributed by atoms with Crippen molar-refractivity contribution in [2.45, 2.75) is 63.5 Å². The summed E-state index contributed by atoms with van der Waals surface area (Å²) in [5.74, 6) is 1.78. The lowest BCUT2D eigenvalue weighted by molar-refractivity contribution is -0.155. The second-order valence-corrected chi connectivity index (χ2v) is 7.60. The van der Waals surface area contributed by atoms with Crippen LogP contribution in [0.4, 0.5) is 0 Å². The number of nitrogens with zero attached hydrogens (tertiary/aromatic N) is 1. The summed E-state index contributed by atoms with van der Waals surface area (Å²) < 4.78 is 11.0. The molecule has 4 rings (SSSR count). The number of benzene rings is 1. The molecule has 0 radical (unpaired) electrons. The molecule has 1 saturated heterocycles. The first-order valence-corrected chi connectivity index (χ1v) is 9.54. The van der Waals surface area contributed by atoms with Crippen molar-refractivity contribution in [1.29, 1.82) is 0 Å². The van der Waals surface area contributed by atoms with Gasteiger partial charge in [-0.05, 0) is 43.4 Å². The first kappa shape index (κ1) is 16.7. The summed E-state index contributed by atoms with van der Waals surface area (Å²) in [6.07, 6.45) is 6.09. The highest BCUT2D eigenvalue weighted by Gasteiger charge is 2.50. The Hall–Kier alpha value is -1.75. The summed E-state index contributed by atoms with van der Waals surface area (Å²) in [6, 6.07) is 5.88. The number of fused-ring (bicyclic) bond motifs is 2. The normalized spacial score (nSPS) is 30.9. The largest absolute Gasteiger partial charge is 0.454 e. The lowest BCUT2D eigenvalue weighted by atomic mass is 9.66. The number of rotatable bonds is 3. The van der Waals surface area contributed by atoms with Gasteiger partial charge in [0.05, 0.1) is 11.6 Å². The van der Waals surface area contributed by atoms with Crippen LogP contribution in [-0.2, 0) is 4.79 Å². The van der Waals surface area contributed by atoms with Crippen LogP contribution < -0.4 is 9.47 Å². The Balaban J connectivity index is 1.72. The van der Waals surface area contributed by atoms with E-state index in [0.717, 1.165) is 49.2 Å². The predicted molar refractivity (Wildman–Crippen MR) is 93.5 cm³/mol. The van der Waals surface area contributed by atoms with E-state index in [1.807, 2.05) is 30.0 Å². The van der Waals surface area contributed by atoms with Crippen molar-refractivity contribution in [2.24, 2.45) is 5.92 Å². The first-order valence-electron chi connectivity index (χ1n) is 9.54. The molecule has 2 aliphatic heterocycles. The highest BCUT2D eigenvalue weighted by Crippen LogP contribution is 2.50. The second kappa shape index (κ2) is 6.52. The van der Waals surface area contributed by atoms with Gasteiger partial charge in [-0.3, -0.25) is 4.79 Å². The Kier molecular flexibility index (Phi) is 4.36. The van der Waals surface area contributed by atoms with Crippen molar-refractivity contribution < 1.29 is 19.4 Å². The minimum absolute atomic E-state index is 0.0763. The fourth-order valence-electron chi connectivity index (χ4n) is 4.83. The molecule has 1 N–H and O–H groups in total. The van der Waals surface area contributed by atoms with Crippen LogP contribution in [0.5, 0.6) is 11.5 Å². The van der Waals surface area contributed by atoms with Gasteiger partial charge in [-0.25, -0.2) is 0 Å². The number of hydrogen-bond donors (Lipinski definition) is 1. The summed E-state index contributed by atoms with van der Waals surface area (Å²) in [4.78, 5) is 14.8. The number of amides is 1. The van der Waals surface area contributed by atoms with E-state index in [4.69, 9.17) is 9.47 Å². The first-order chi connectivity index (χ1) is 12.1. The van der Waals surface area contributed by atoms with Gasteiger partial charge in [0.15, 0.2) is 11.5 Å². The van der Waals surface area contributed by atoms with Gasteiger partial charge in [0.1, 0.15) is 0 Å². The van der Waals surface area contributed by atoms with Gasteiger partial charge in [-0.15, -0.1) is 0 Å². The van der Waals surface area contributed by atoms with Crippen molar-refractivity contribution in [3.05, 3.63) is 23.8 Å². The van der Waals surface area contributed by atoms with Gasteiger partial charge in [-0.1, -0.05) is 25.8 Å². The van der Waals surface area contributed by atoms with E-state index in [9.17, 15) is 9.90 Å². The van der Waals surface area contributed by atoms with Gasteiger partial charge in [0, 0.05) is 18.9 Å². The molecule has 0 unspecified atom stereocenters. The molecule has 25 heavy (non-hydrogen) atoms. The Morgan fingerprint density at radius 1 is 1.28 bits per heavy atom. The van der Waals surface area contributed by atoms with E-state index in [2.05, 4.69) is 0 Å². The molecule has 0 bridgehead atoms. The fraction of sp³-hybridized carbons (Fsp3) is 0.650. The van der Waals surface area contributed by atoms with Crippen LogP contribution in [0, 0.1) is 5.92 Å². The maximum absolute atomic E-state index is 12.8. The topological polar surface area (TPSA) is 59.0 Å². The zero-order valence-electron chi connectivity index (χ0n) is 14.9. The van der Waals surface area contributed by atoms with Gasteiger partial charge in [0.2, 0.25) is 12.7 Å². The lowest BCUT2D eigenvalue weighted by Gasteiger charge is -2.52. The standard InChI is InChI=1S/C20H27NO4/c1-2-5-18(22)21-11-10-20(23)9-4-3-6-15(20)19(21)14-7-8-16-17(12-14)25-13-24-16/h7-8,12,15,19,23H,2-6,9-11,13H2,1H3/t15-,19-,20-/m1/s1. The molecule has 1 saturated carbocycles. The molecule has 2 heterocycles. The molecular weight excluding hydrogens is 318 g/mol. The molecule has 2 fully saturated rings. The molecule has 3 aliphatic rings. The molecular formula is C20H27NO4. The van der Waals surface area contributed by atoms with Crippen molar-refractivity contribution in [3.63, 3.8) is 0 Å². The van der Waals surface area contributed by atoms with E-state index in [-0.39, 0.29) is 24.7 Å². The van der Waals surface area contributed by atoms with Crippen LogP contribution >= 0.6 is 0 Å². The summed E-state index contributed by atoms with van der Waals surface area (Å²) in [5.41, 5.74) is 0.404. The molecule has 0 spiro atoms. The number of hydrogen-bond acceptors (Lipinski definition) is 4. The molecule has 136 valence electrons. The SMILES string of the molecule is CCCC(=O)N1CC[C@]2(O)CCCC[C@@H]2[C@H]1c1ccc2c(c1)OCO2. The van der Waals surface area contributed by atoms with E-state index in [1.165, 1.54) is 0 Å². The minimum Gasteiger partial charge on any atom is -0.454 e. The zero-order chi connectivity index (χ0) is 17.4. The van der Waals surface area contributed by atoms with Crippen LogP contribution in [0.15, 0.2) is 18.2 Å². The predicted octanol–water partition coefficient (Wildman–Crippen LogP) is 3.41. The highest BCUT2D eigenvalue weighted by atomic mass is 16.7. The Morgan fingerprint density at radius 2 is 2.12 bits per heavy atom. The summed E-state index contributed by atoms with van der Waals surface area (Å²) >= 11 is 0.